The molecule has 0 bridgehead atoms. The van der Waals surface area contributed by atoms with Crippen molar-refractivity contribution in [2.24, 2.45) is 0 Å². The zero-order chi connectivity index (χ0) is 57.1. The lowest BCUT2D eigenvalue weighted by Crippen LogP contribution is -2.06. The summed E-state index contributed by atoms with van der Waals surface area (Å²) >= 11 is 0. The van der Waals surface area contributed by atoms with Crippen LogP contribution in [0.4, 0.5) is 0 Å². The van der Waals surface area contributed by atoms with Gasteiger partial charge in [-0.1, -0.05) is 177 Å². The van der Waals surface area contributed by atoms with Gasteiger partial charge in [0.2, 0.25) is 0 Å². The summed E-state index contributed by atoms with van der Waals surface area (Å²) in [5, 5.41) is 0. The van der Waals surface area contributed by atoms with E-state index in [1.165, 1.54) is 64.2 Å². The molecule has 0 radical (unpaired) electrons. The first kappa shape index (κ1) is 79.6. The lowest BCUT2D eigenvalue weighted by Gasteiger charge is -2.04. The maximum atomic E-state index is 11.0. The molecule has 73 heavy (non-hydrogen) atoms. The molecule has 0 saturated carbocycles. The van der Waals surface area contributed by atoms with Gasteiger partial charge in [0.05, 0.1) is 39.6 Å². The fraction of sp³-hybridized carbons (Fsp3) is 0.700. The lowest BCUT2D eigenvalue weighted by atomic mass is 10.1. The van der Waals surface area contributed by atoms with Gasteiger partial charge in [0.15, 0.2) is 0 Å². The quantitative estimate of drug-likeness (QED) is 0.0250. The second-order valence-electron chi connectivity index (χ2n) is 17.9. The molecule has 0 aliphatic carbocycles. The number of unbranched alkanes of at least 4 members (excludes halogenated alkanes) is 17. The van der Waals surface area contributed by atoms with Crippen LogP contribution in [0.25, 0.3) is 0 Å². The molecule has 0 fully saturated rings. The molecular weight excluding hydrogens is 929 g/mol. The second kappa shape index (κ2) is 63.3. The Balaban J connectivity index is -0.000000185. The Labute approximate surface area is 446 Å². The summed E-state index contributed by atoms with van der Waals surface area (Å²) in [5.74, 6) is -1.68. The topological polar surface area (TPSA) is 167 Å². The highest BCUT2D eigenvalue weighted by atomic mass is 16.6. The Hall–Kier alpha value is -4.78. The Bertz CT molecular complexity index is 1440. The monoisotopic (exact) mass is 1040 g/mol. The molecule has 0 amide bonds. The van der Waals surface area contributed by atoms with E-state index >= 15 is 0 Å². The van der Waals surface area contributed by atoms with Crippen molar-refractivity contribution in [3.63, 3.8) is 0 Å². The van der Waals surface area contributed by atoms with Gasteiger partial charge in [-0.2, -0.15) is 0 Å². The highest BCUT2D eigenvalue weighted by Gasteiger charge is 2.05. The van der Waals surface area contributed by atoms with Gasteiger partial charge in [0, 0.05) is 47.2 Å². The molecular formula is C60H108O13. The van der Waals surface area contributed by atoms with Gasteiger partial charge < -0.3 is 33.2 Å². The summed E-state index contributed by atoms with van der Waals surface area (Å²) < 4.78 is 34.2. The van der Waals surface area contributed by atoms with Crippen LogP contribution in [-0.2, 0) is 61.9 Å². The highest BCUT2D eigenvalue weighted by Crippen LogP contribution is 2.08. The fourth-order valence-electron chi connectivity index (χ4n) is 4.87. The molecule has 0 saturated heterocycles. The number of hydrogen-bond acceptors (Lipinski definition) is 13. The Morgan fingerprint density at radius 1 is 0.247 bits per heavy atom. The standard InChI is InChI=1S/C13H24O2.C11H20O2.C10H18O2.C9H16O3.C9H16O2.C8H14O2/c1-4-5-6-7-8-9-10-11-15-13(14)12(2)3;1-4-5-6-7-8-9-13-11(12)10(2)3;1-4-5-6-7-8-12-10(11)9(2)3;1-8(2)9(10)12-7-5-4-6-11-3;1-4-5-6-7-11-9(10)8(2)3;1-4-5-6-10-8(9)7(2)3/h2,4-11H2,1,3H3;2,4-9H2,1,3H3;2,4-8H2,1,3H3;1,4-7H2,2-3H3;2,4-7H2,1,3H3;2,4-6H2,1,3H3. The van der Waals surface area contributed by atoms with Crippen molar-refractivity contribution >= 4 is 35.8 Å². The van der Waals surface area contributed by atoms with Crippen LogP contribution >= 0.6 is 0 Å². The van der Waals surface area contributed by atoms with E-state index in [0.29, 0.717) is 79.7 Å². The van der Waals surface area contributed by atoms with Crippen molar-refractivity contribution in [2.45, 2.75) is 224 Å². The van der Waals surface area contributed by atoms with Crippen LogP contribution in [0, 0.1) is 0 Å². The van der Waals surface area contributed by atoms with Crippen LogP contribution in [0.2, 0.25) is 0 Å². The minimum Gasteiger partial charge on any atom is -0.462 e. The number of carbonyl (C=O) groups is 6. The Kier molecular flexibility index (Phi) is 69.1. The van der Waals surface area contributed by atoms with E-state index < -0.39 is 0 Å². The van der Waals surface area contributed by atoms with Crippen molar-refractivity contribution in [1.82, 2.24) is 0 Å². The van der Waals surface area contributed by atoms with Crippen LogP contribution in [0.15, 0.2) is 72.9 Å². The van der Waals surface area contributed by atoms with Gasteiger partial charge in [0.25, 0.3) is 0 Å². The first-order valence-electron chi connectivity index (χ1n) is 27.0. The van der Waals surface area contributed by atoms with Gasteiger partial charge in [-0.15, -0.1) is 0 Å². The van der Waals surface area contributed by atoms with Crippen LogP contribution in [-0.4, -0.2) is 89.2 Å². The van der Waals surface area contributed by atoms with Crippen LogP contribution in [0.3, 0.4) is 0 Å². The molecule has 0 N–H and O–H groups in total. The zero-order valence-electron chi connectivity index (χ0n) is 48.8. The predicted molar refractivity (Wildman–Crippen MR) is 301 cm³/mol. The van der Waals surface area contributed by atoms with Gasteiger partial charge in [-0.3, -0.25) is 0 Å². The fourth-order valence-corrected chi connectivity index (χ4v) is 4.87. The largest absolute Gasteiger partial charge is 0.462 e. The molecule has 0 heterocycles. The van der Waals surface area contributed by atoms with Crippen molar-refractivity contribution in [3.05, 3.63) is 72.9 Å². The Morgan fingerprint density at radius 2 is 0.397 bits per heavy atom. The third-order valence-corrected chi connectivity index (χ3v) is 9.47. The first-order valence-corrected chi connectivity index (χ1v) is 27.0. The molecule has 0 aromatic heterocycles. The number of esters is 6. The van der Waals surface area contributed by atoms with E-state index in [1.54, 1.807) is 48.7 Å². The van der Waals surface area contributed by atoms with E-state index in [1.807, 2.05) is 0 Å². The lowest BCUT2D eigenvalue weighted by molar-refractivity contribution is -0.140. The third-order valence-electron chi connectivity index (χ3n) is 9.47. The minimum atomic E-state index is -0.313. The van der Waals surface area contributed by atoms with Gasteiger partial charge >= 0.3 is 35.8 Å². The molecule has 0 atom stereocenters. The van der Waals surface area contributed by atoms with E-state index in [-0.39, 0.29) is 35.8 Å². The second-order valence-corrected chi connectivity index (χ2v) is 17.9. The van der Waals surface area contributed by atoms with Crippen molar-refractivity contribution in [1.29, 1.82) is 0 Å². The molecule has 426 valence electrons. The van der Waals surface area contributed by atoms with Crippen molar-refractivity contribution < 1.29 is 61.9 Å². The molecule has 0 aliphatic rings. The van der Waals surface area contributed by atoms with Crippen molar-refractivity contribution in [2.75, 3.05) is 53.4 Å². The van der Waals surface area contributed by atoms with E-state index in [9.17, 15) is 28.8 Å². The average molecular weight is 1040 g/mol. The maximum absolute atomic E-state index is 11.0. The number of carbonyl (C=O) groups excluding carboxylic acids is 6. The average Bonchev–Trinajstić information content (AvgIpc) is 3.35. The van der Waals surface area contributed by atoms with Gasteiger partial charge in [-0.25, -0.2) is 28.8 Å². The first-order chi connectivity index (χ1) is 34.6. The Morgan fingerprint density at radius 3 is 0.616 bits per heavy atom. The molecule has 0 rings (SSSR count). The smallest absolute Gasteiger partial charge is 0.333 e. The molecule has 0 aromatic rings. The molecule has 13 heteroatoms. The van der Waals surface area contributed by atoms with Gasteiger partial charge in [0.1, 0.15) is 0 Å². The van der Waals surface area contributed by atoms with Crippen molar-refractivity contribution in [3.8, 4) is 0 Å². The minimum absolute atomic E-state index is 0.263. The summed E-state index contributed by atoms with van der Waals surface area (Å²) in [6, 6.07) is 0. The molecule has 0 aromatic carbocycles. The SMILES string of the molecule is C=C(C)C(=O)OCCCC.C=C(C)C(=O)OCCCCC.C=C(C)C(=O)OCCCCCC.C=C(C)C(=O)OCCCCCCC.C=C(C)C(=O)OCCCCCCCCC.C=C(C)C(=O)OCCCCOC. The molecule has 0 unspecified atom stereocenters. The number of methoxy groups -OCH3 is 1. The number of hydrogen-bond donors (Lipinski definition) is 0. The van der Waals surface area contributed by atoms with Crippen LogP contribution in [0.1, 0.15) is 224 Å². The van der Waals surface area contributed by atoms with E-state index in [0.717, 1.165) is 83.5 Å². The highest BCUT2D eigenvalue weighted by molar-refractivity contribution is 5.88. The predicted octanol–water partition coefficient (Wildman–Crippen LogP) is 15.4. The maximum Gasteiger partial charge on any atom is 0.333 e. The van der Waals surface area contributed by atoms with E-state index in [2.05, 4.69) is 74.1 Å². The van der Waals surface area contributed by atoms with Gasteiger partial charge in [-0.05, 0) is 86.5 Å². The van der Waals surface area contributed by atoms with Crippen LogP contribution < -0.4 is 0 Å². The summed E-state index contributed by atoms with van der Waals surface area (Å²) in [4.78, 5) is 65.1. The third kappa shape index (κ3) is 73.9. The van der Waals surface area contributed by atoms with Crippen LogP contribution in [0.5, 0.6) is 0 Å². The van der Waals surface area contributed by atoms with E-state index in [4.69, 9.17) is 33.2 Å². The summed E-state index contributed by atoms with van der Waals surface area (Å²) in [6.07, 6.45) is 26.0. The molecule has 13 nitrogen and oxygen atoms in total. The number of ether oxygens (including phenoxy) is 7. The summed E-state index contributed by atoms with van der Waals surface area (Å²) in [7, 11) is 1.65. The summed E-state index contributed by atoms with van der Waals surface area (Å²) in [5.41, 5.74) is 2.83. The zero-order valence-corrected chi connectivity index (χ0v) is 48.8. The number of rotatable bonds is 37. The summed E-state index contributed by atoms with van der Waals surface area (Å²) in [6.45, 7) is 45.4. The molecule has 0 spiro atoms. The molecule has 0 aliphatic heterocycles. The normalized spacial score (nSPS) is 9.53.